The Morgan fingerprint density at radius 3 is 2.69 bits per heavy atom. The Kier molecular flexibility index (Phi) is 4.53. The summed E-state index contributed by atoms with van der Waals surface area (Å²) in [5.74, 6) is 0. The average Bonchev–Trinajstić information content (AvgIpc) is 2.05. The van der Waals surface area contributed by atoms with Gasteiger partial charge in [0.15, 0.2) is 0 Å². The van der Waals surface area contributed by atoms with Crippen molar-refractivity contribution in [2.45, 2.75) is 38.8 Å². The van der Waals surface area contributed by atoms with Crippen molar-refractivity contribution in [1.29, 1.82) is 0 Å². The van der Waals surface area contributed by atoms with E-state index in [9.17, 15) is 9.18 Å². The summed E-state index contributed by atoms with van der Waals surface area (Å²) in [6.07, 6.45) is 0.196. The van der Waals surface area contributed by atoms with Crippen LogP contribution >= 0.6 is 0 Å². The molecule has 0 saturated carbocycles. The van der Waals surface area contributed by atoms with E-state index in [4.69, 9.17) is 4.74 Å². The number of likely N-dealkylation sites (tertiary alicyclic amines) is 1. The third-order valence-electron chi connectivity index (χ3n) is 2.29. The number of alkyl carbamates (subject to hydrolysis) is 1. The van der Waals surface area contributed by atoms with Crippen molar-refractivity contribution in [2.75, 3.05) is 26.3 Å². The summed E-state index contributed by atoms with van der Waals surface area (Å²) in [4.78, 5) is 13.5. The standard InChI is InChI=1S/C11H21FN2O2.H2/c1-11(2,3)16-10(15)13-9-7-14(8-9)6-4-5-12;/h9H,4-8H2,1-3H3,(H,13,15);1H. The van der Waals surface area contributed by atoms with Gasteiger partial charge >= 0.3 is 6.09 Å². The van der Waals surface area contributed by atoms with Crippen LogP contribution in [0, 0.1) is 0 Å². The summed E-state index contributed by atoms with van der Waals surface area (Å²) in [5.41, 5.74) is -0.457. The van der Waals surface area contributed by atoms with Crippen molar-refractivity contribution >= 4 is 6.09 Å². The average molecular weight is 234 g/mol. The first-order valence-electron chi connectivity index (χ1n) is 5.68. The number of carbonyl (C=O) groups is 1. The van der Waals surface area contributed by atoms with Gasteiger partial charge in [0.05, 0.1) is 12.7 Å². The van der Waals surface area contributed by atoms with Crippen LogP contribution in [-0.4, -0.2) is 48.9 Å². The molecule has 5 heteroatoms. The van der Waals surface area contributed by atoms with Gasteiger partial charge in [0.1, 0.15) is 5.60 Å². The van der Waals surface area contributed by atoms with E-state index >= 15 is 0 Å². The molecule has 4 nitrogen and oxygen atoms in total. The van der Waals surface area contributed by atoms with Gasteiger partial charge in [-0.1, -0.05) is 0 Å². The first-order chi connectivity index (χ1) is 7.40. The maximum Gasteiger partial charge on any atom is 0.407 e. The van der Waals surface area contributed by atoms with Crippen molar-refractivity contribution in [3.63, 3.8) is 0 Å². The summed E-state index contributed by atoms with van der Waals surface area (Å²) in [6.45, 7) is 7.57. The number of ether oxygens (including phenoxy) is 1. The highest BCUT2D eigenvalue weighted by Crippen LogP contribution is 2.11. The summed E-state index contributed by atoms with van der Waals surface area (Å²) >= 11 is 0. The highest BCUT2D eigenvalue weighted by molar-refractivity contribution is 5.68. The number of halogens is 1. The Hall–Kier alpha value is -0.840. The molecule has 1 heterocycles. The van der Waals surface area contributed by atoms with Gasteiger partial charge in [0.25, 0.3) is 0 Å². The number of nitrogens with zero attached hydrogens (tertiary/aromatic N) is 1. The second kappa shape index (κ2) is 5.48. The zero-order valence-corrected chi connectivity index (χ0v) is 10.3. The van der Waals surface area contributed by atoms with Gasteiger partial charge in [0.2, 0.25) is 0 Å². The predicted octanol–water partition coefficient (Wildman–Crippen LogP) is 1.80. The largest absolute Gasteiger partial charge is 0.444 e. The molecule has 0 atom stereocenters. The van der Waals surface area contributed by atoms with Crippen molar-refractivity contribution in [3.8, 4) is 0 Å². The Morgan fingerprint density at radius 1 is 1.56 bits per heavy atom. The number of rotatable bonds is 4. The van der Waals surface area contributed by atoms with Gasteiger partial charge in [0, 0.05) is 21.1 Å². The third kappa shape index (κ3) is 4.79. The normalized spacial score (nSPS) is 18.0. The van der Waals surface area contributed by atoms with Gasteiger partial charge in [-0.15, -0.1) is 0 Å². The molecule has 0 spiro atoms. The van der Waals surface area contributed by atoms with E-state index in [-0.39, 0.29) is 20.2 Å². The topological polar surface area (TPSA) is 41.6 Å². The Labute approximate surface area is 97.6 Å². The monoisotopic (exact) mass is 234 g/mol. The predicted molar refractivity (Wildman–Crippen MR) is 62.3 cm³/mol. The molecule has 0 aliphatic carbocycles. The second-order valence-corrected chi connectivity index (χ2v) is 5.15. The molecular weight excluding hydrogens is 211 g/mol. The minimum absolute atomic E-state index is 0. The van der Waals surface area contributed by atoms with Gasteiger partial charge in [-0.25, -0.2) is 4.79 Å². The van der Waals surface area contributed by atoms with Crippen molar-refractivity contribution in [2.24, 2.45) is 0 Å². The maximum atomic E-state index is 11.9. The van der Waals surface area contributed by atoms with Gasteiger partial charge in [-0.05, 0) is 27.2 Å². The molecule has 0 aromatic carbocycles. The quantitative estimate of drug-likeness (QED) is 0.806. The van der Waals surface area contributed by atoms with Gasteiger partial charge in [-0.3, -0.25) is 9.29 Å². The zero-order valence-electron chi connectivity index (χ0n) is 10.3. The van der Waals surface area contributed by atoms with Crippen LogP contribution in [0.1, 0.15) is 28.6 Å². The lowest BCUT2D eigenvalue weighted by atomic mass is 10.1. The molecule has 1 amide bonds. The first kappa shape index (κ1) is 13.2. The van der Waals surface area contributed by atoms with Gasteiger partial charge < -0.3 is 10.1 Å². The molecule has 0 bridgehead atoms. The fraction of sp³-hybridized carbons (Fsp3) is 0.909. The van der Waals surface area contributed by atoms with Crippen LogP contribution in [0.3, 0.4) is 0 Å². The van der Waals surface area contributed by atoms with Crippen LogP contribution in [0.2, 0.25) is 0 Å². The van der Waals surface area contributed by atoms with E-state index < -0.39 is 5.60 Å². The molecule has 1 aliphatic rings. The zero-order chi connectivity index (χ0) is 12.2. The molecule has 1 aliphatic heterocycles. The molecule has 1 saturated heterocycles. The van der Waals surface area contributed by atoms with Crippen molar-refractivity contribution < 1.29 is 15.3 Å². The number of hydrogen-bond donors (Lipinski definition) is 1. The first-order valence-corrected chi connectivity index (χ1v) is 5.68. The number of carbonyl (C=O) groups excluding carboxylic acids is 1. The van der Waals surface area contributed by atoms with Crippen LogP contribution in [0.25, 0.3) is 0 Å². The lowest BCUT2D eigenvalue weighted by Gasteiger charge is -2.39. The molecule has 0 radical (unpaired) electrons. The molecule has 1 rings (SSSR count). The molecule has 1 N–H and O–H groups in total. The maximum absolute atomic E-state index is 11.9. The van der Waals surface area contributed by atoms with Crippen molar-refractivity contribution in [1.82, 2.24) is 10.2 Å². The van der Waals surface area contributed by atoms with Gasteiger partial charge in [-0.2, -0.15) is 0 Å². The summed E-state index contributed by atoms with van der Waals surface area (Å²) in [5, 5.41) is 2.78. The Balaban J connectivity index is 0.00000256. The van der Waals surface area contributed by atoms with E-state index in [1.165, 1.54) is 0 Å². The molecule has 16 heavy (non-hydrogen) atoms. The lowest BCUT2D eigenvalue weighted by Crippen LogP contribution is -2.59. The number of nitrogens with one attached hydrogen (secondary N) is 1. The number of alkyl halides is 1. The minimum Gasteiger partial charge on any atom is -0.444 e. The van der Waals surface area contributed by atoms with Crippen LogP contribution in [-0.2, 0) is 4.74 Å². The smallest absolute Gasteiger partial charge is 0.407 e. The fourth-order valence-corrected chi connectivity index (χ4v) is 1.60. The highest BCUT2D eigenvalue weighted by atomic mass is 19.1. The SMILES string of the molecule is CC(C)(C)OC(=O)NC1CN(CCCF)C1.[HH]. The highest BCUT2D eigenvalue weighted by Gasteiger charge is 2.28. The number of hydrogen-bond acceptors (Lipinski definition) is 3. The van der Waals surface area contributed by atoms with Crippen LogP contribution in [0.5, 0.6) is 0 Å². The van der Waals surface area contributed by atoms with E-state index in [2.05, 4.69) is 10.2 Å². The van der Waals surface area contributed by atoms with E-state index in [0.29, 0.717) is 6.42 Å². The Bertz CT molecular complexity index is 240. The van der Waals surface area contributed by atoms with Crippen molar-refractivity contribution in [3.05, 3.63) is 0 Å². The van der Waals surface area contributed by atoms with E-state index in [1.54, 1.807) is 0 Å². The number of amides is 1. The van der Waals surface area contributed by atoms with E-state index in [0.717, 1.165) is 19.6 Å². The molecule has 96 valence electrons. The summed E-state index contributed by atoms with van der Waals surface area (Å²) < 4.78 is 17.0. The molecule has 1 fully saturated rings. The summed E-state index contributed by atoms with van der Waals surface area (Å²) in [7, 11) is 0. The van der Waals surface area contributed by atoms with Crippen LogP contribution < -0.4 is 5.32 Å². The molecule has 0 aromatic rings. The minimum atomic E-state index is -0.457. The van der Waals surface area contributed by atoms with Crippen LogP contribution in [0.15, 0.2) is 0 Å². The molecule has 0 unspecified atom stereocenters. The van der Waals surface area contributed by atoms with Crippen LogP contribution in [0.4, 0.5) is 9.18 Å². The third-order valence-corrected chi connectivity index (χ3v) is 2.29. The molecular formula is C11H23FN2O2. The molecule has 0 aromatic heterocycles. The fourth-order valence-electron chi connectivity index (χ4n) is 1.60. The van der Waals surface area contributed by atoms with E-state index in [1.807, 2.05) is 20.8 Å². The Morgan fingerprint density at radius 2 is 2.19 bits per heavy atom. The second-order valence-electron chi connectivity index (χ2n) is 5.15. The lowest BCUT2D eigenvalue weighted by molar-refractivity contribution is 0.0398. The summed E-state index contributed by atoms with van der Waals surface area (Å²) in [6, 6.07) is 0.148.